The van der Waals surface area contributed by atoms with Gasteiger partial charge in [0.25, 0.3) is 5.91 Å². The van der Waals surface area contributed by atoms with Crippen LogP contribution in [0, 0.1) is 0 Å². The summed E-state index contributed by atoms with van der Waals surface area (Å²) < 4.78 is 5.66. The second-order valence-electron chi connectivity index (χ2n) is 7.03. The molecule has 3 rings (SSSR count). The van der Waals surface area contributed by atoms with E-state index in [1.807, 2.05) is 36.9 Å². The molecule has 1 aromatic rings. The van der Waals surface area contributed by atoms with Crippen LogP contribution >= 0.6 is 0 Å². The van der Waals surface area contributed by atoms with Gasteiger partial charge in [0, 0.05) is 37.4 Å². The number of urea groups is 1. The SMILES string of the molecule is CC1CN(C(=O)Nc2cccc(C(=O)N3CCCCC3)c2)CC(C)O1. The molecule has 0 saturated carbocycles. The normalized spacial score (nSPS) is 24.1. The van der Waals surface area contributed by atoms with Crippen molar-refractivity contribution in [1.29, 1.82) is 0 Å². The molecule has 2 aliphatic heterocycles. The highest BCUT2D eigenvalue weighted by molar-refractivity contribution is 5.97. The number of benzene rings is 1. The molecule has 3 amide bonds. The van der Waals surface area contributed by atoms with Gasteiger partial charge >= 0.3 is 6.03 Å². The number of rotatable bonds is 2. The third-order valence-electron chi connectivity index (χ3n) is 4.71. The van der Waals surface area contributed by atoms with Crippen molar-refractivity contribution in [3.05, 3.63) is 29.8 Å². The Morgan fingerprint density at radius 2 is 1.72 bits per heavy atom. The molecule has 2 atom stereocenters. The summed E-state index contributed by atoms with van der Waals surface area (Å²) in [5.41, 5.74) is 1.28. The first kappa shape index (κ1) is 17.7. The highest BCUT2D eigenvalue weighted by Crippen LogP contribution is 2.18. The minimum Gasteiger partial charge on any atom is -0.372 e. The van der Waals surface area contributed by atoms with E-state index in [1.165, 1.54) is 6.42 Å². The fourth-order valence-electron chi connectivity index (χ4n) is 3.56. The second-order valence-corrected chi connectivity index (χ2v) is 7.03. The fraction of sp³-hybridized carbons (Fsp3) is 0.579. The first-order valence-corrected chi connectivity index (χ1v) is 9.13. The Kier molecular flexibility index (Phi) is 5.58. The van der Waals surface area contributed by atoms with Crippen LogP contribution in [0.3, 0.4) is 0 Å². The summed E-state index contributed by atoms with van der Waals surface area (Å²) in [6, 6.07) is 7.06. The fourth-order valence-corrected chi connectivity index (χ4v) is 3.56. The lowest BCUT2D eigenvalue weighted by Crippen LogP contribution is -2.49. The van der Waals surface area contributed by atoms with Crippen LogP contribution in [-0.4, -0.2) is 60.1 Å². The number of ether oxygens (including phenoxy) is 1. The standard InChI is InChI=1S/C19H27N3O3/c1-14-12-22(13-15(2)25-14)19(24)20-17-8-6-7-16(11-17)18(23)21-9-4-3-5-10-21/h6-8,11,14-15H,3-5,9-10,12-13H2,1-2H3,(H,20,24). The number of anilines is 1. The first-order valence-electron chi connectivity index (χ1n) is 9.13. The van der Waals surface area contributed by atoms with E-state index < -0.39 is 0 Å². The lowest BCUT2D eigenvalue weighted by Gasteiger charge is -2.35. The number of morpholine rings is 1. The van der Waals surface area contributed by atoms with Crippen molar-refractivity contribution < 1.29 is 14.3 Å². The largest absolute Gasteiger partial charge is 0.372 e. The maximum absolute atomic E-state index is 12.6. The van der Waals surface area contributed by atoms with Crippen molar-refractivity contribution in [3.8, 4) is 0 Å². The molecule has 1 aromatic carbocycles. The Morgan fingerprint density at radius 3 is 2.40 bits per heavy atom. The minimum absolute atomic E-state index is 0.0292. The topological polar surface area (TPSA) is 61.9 Å². The van der Waals surface area contributed by atoms with Crippen molar-refractivity contribution in [1.82, 2.24) is 9.80 Å². The highest BCUT2D eigenvalue weighted by Gasteiger charge is 2.26. The zero-order chi connectivity index (χ0) is 17.8. The molecule has 0 bridgehead atoms. The van der Waals surface area contributed by atoms with Crippen LogP contribution in [0.4, 0.5) is 10.5 Å². The van der Waals surface area contributed by atoms with Gasteiger partial charge in [0.1, 0.15) is 0 Å². The minimum atomic E-state index is -0.149. The maximum atomic E-state index is 12.6. The number of hydrogen-bond donors (Lipinski definition) is 1. The van der Waals surface area contributed by atoms with Crippen LogP contribution < -0.4 is 5.32 Å². The van der Waals surface area contributed by atoms with Gasteiger partial charge in [-0.25, -0.2) is 4.79 Å². The van der Waals surface area contributed by atoms with Crippen LogP contribution in [-0.2, 0) is 4.74 Å². The summed E-state index contributed by atoms with van der Waals surface area (Å²) in [6.07, 6.45) is 3.38. The highest BCUT2D eigenvalue weighted by atomic mass is 16.5. The maximum Gasteiger partial charge on any atom is 0.322 e. The molecule has 0 aromatic heterocycles. The van der Waals surface area contributed by atoms with Crippen molar-refractivity contribution >= 4 is 17.6 Å². The van der Waals surface area contributed by atoms with Crippen molar-refractivity contribution in [2.75, 3.05) is 31.5 Å². The van der Waals surface area contributed by atoms with Gasteiger partial charge in [0.05, 0.1) is 12.2 Å². The summed E-state index contributed by atoms with van der Waals surface area (Å²) >= 11 is 0. The van der Waals surface area contributed by atoms with Crippen molar-refractivity contribution in [2.24, 2.45) is 0 Å². The second kappa shape index (κ2) is 7.87. The van der Waals surface area contributed by atoms with Gasteiger partial charge in [0.2, 0.25) is 0 Å². The molecule has 2 heterocycles. The van der Waals surface area contributed by atoms with Crippen LogP contribution in [0.25, 0.3) is 0 Å². The average Bonchev–Trinajstić information content (AvgIpc) is 2.61. The summed E-state index contributed by atoms with van der Waals surface area (Å²) in [5, 5.41) is 2.91. The van der Waals surface area contributed by atoms with Crippen LogP contribution in [0.1, 0.15) is 43.5 Å². The number of hydrogen-bond acceptors (Lipinski definition) is 3. The molecule has 6 nitrogen and oxygen atoms in total. The molecule has 1 N–H and O–H groups in total. The summed E-state index contributed by atoms with van der Waals surface area (Å²) in [6.45, 7) is 6.71. The van der Waals surface area contributed by atoms with Crippen molar-refractivity contribution in [2.45, 2.75) is 45.3 Å². The number of nitrogens with one attached hydrogen (secondary N) is 1. The van der Waals surface area contributed by atoms with Gasteiger partial charge in [-0.05, 0) is 51.3 Å². The van der Waals surface area contributed by atoms with E-state index in [9.17, 15) is 9.59 Å². The van der Waals surface area contributed by atoms with E-state index in [0.717, 1.165) is 25.9 Å². The Morgan fingerprint density at radius 1 is 1.04 bits per heavy atom. The molecular weight excluding hydrogens is 318 g/mol. The van der Waals surface area contributed by atoms with Gasteiger partial charge < -0.3 is 19.9 Å². The molecular formula is C19H27N3O3. The molecule has 0 aliphatic carbocycles. The zero-order valence-electron chi connectivity index (χ0n) is 15.0. The number of likely N-dealkylation sites (tertiary alicyclic amines) is 1. The third kappa shape index (κ3) is 4.51. The lowest BCUT2D eigenvalue weighted by atomic mass is 10.1. The molecule has 2 aliphatic rings. The van der Waals surface area contributed by atoms with E-state index in [1.54, 1.807) is 11.0 Å². The molecule has 2 unspecified atom stereocenters. The van der Waals surface area contributed by atoms with Crippen molar-refractivity contribution in [3.63, 3.8) is 0 Å². The lowest BCUT2D eigenvalue weighted by molar-refractivity contribution is -0.0530. The predicted molar refractivity (Wildman–Crippen MR) is 96.8 cm³/mol. The zero-order valence-corrected chi connectivity index (χ0v) is 15.0. The van der Waals surface area contributed by atoms with E-state index in [4.69, 9.17) is 4.74 Å². The van der Waals surface area contributed by atoms with E-state index >= 15 is 0 Å². The Hall–Kier alpha value is -2.08. The smallest absolute Gasteiger partial charge is 0.322 e. The Bertz CT molecular complexity index is 618. The van der Waals surface area contributed by atoms with Crippen LogP contribution in [0.5, 0.6) is 0 Å². The number of carbonyl (C=O) groups is 2. The Labute approximate surface area is 149 Å². The molecule has 0 spiro atoms. The molecule has 2 fully saturated rings. The Balaban J connectivity index is 1.65. The van der Waals surface area contributed by atoms with E-state index in [-0.39, 0.29) is 24.1 Å². The number of amides is 3. The molecule has 6 heteroatoms. The summed E-state index contributed by atoms with van der Waals surface area (Å²) in [7, 11) is 0. The monoisotopic (exact) mass is 345 g/mol. The predicted octanol–water partition coefficient (Wildman–Crippen LogP) is 2.95. The number of carbonyl (C=O) groups excluding carboxylic acids is 2. The molecule has 0 radical (unpaired) electrons. The molecule has 136 valence electrons. The van der Waals surface area contributed by atoms with Gasteiger partial charge in [-0.3, -0.25) is 4.79 Å². The van der Waals surface area contributed by atoms with Gasteiger partial charge in [0.15, 0.2) is 0 Å². The van der Waals surface area contributed by atoms with Gasteiger partial charge in [-0.2, -0.15) is 0 Å². The van der Waals surface area contributed by atoms with Crippen LogP contribution in [0.2, 0.25) is 0 Å². The quantitative estimate of drug-likeness (QED) is 0.896. The number of piperidine rings is 1. The number of nitrogens with zero attached hydrogens (tertiary/aromatic N) is 2. The van der Waals surface area contributed by atoms with Gasteiger partial charge in [-0.1, -0.05) is 6.07 Å². The molecule has 2 saturated heterocycles. The summed E-state index contributed by atoms with van der Waals surface area (Å²) in [4.78, 5) is 28.8. The van der Waals surface area contributed by atoms with Crippen LogP contribution in [0.15, 0.2) is 24.3 Å². The van der Waals surface area contributed by atoms with E-state index in [0.29, 0.717) is 24.3 Å². The van der Waals surface area contributed by atoms with E-state index in [2.05, 4.69) is 5.32 Å². The van der Waals surface area contributed by atoms with Gasteiger partial charge in [-0.15, -0.1) is 0 Å². The first-order chi connectivity index (χ1) is 12.0. The molecule has 25 heavy (non-hydrogen) atoms. The summed E-state index contributed by atoms with van der Waals surface area (Å²) in [5.74, 6) is 0.0458. The average molecular weight is 345 g/mol. The third-order valence-corrected chi connectivity index (χ3v) is 4.71.